The number of benzene rings is 4. The molecule has 4 aromatic rings. The number of methoxy groups -OCH3 is 1. The number of carboxylic acids is 1. The molecule has 0 spiro atoms. The summed E-state index contributed by atoms with van der Waals surface area (Å²) in [6, 6.07) is 39.6. The van der Waals surface area contributed by atoms with Crippen LogP contribution in [0.2, 0.25) is 0 Å². The molecule has 0 aromatic heterocycles. The summed E-state index contributed by atoms with van der Waals surface area (Å²) < 4.78 is 20.7. The van der Waals surface area contributed by atoms with Crippen LogP contribution in [-0.4, -0.2) is 127 Å². The maximum absolute atomic E-state index is 12.9. The molecule has 14 nitrogen and oxygen atoms in total. The fourth-order valence-corrected chi connectivity index (χ4v) is 26.9. The Labute approximate surface area is 820 Å². The van der Waals surface area contributed by atoms with Crippen molar-refractivity contribution < 1.29 is 160 Å². The van der Waals surface area contributed by atoms with Gasteiger partial charge in [-0.05, 0) is 272 Å². The van der Waals surface area contributed by atoms with E-state index in [2.05, 4.69) is 113 Å². The van der Waals surface area contributed by atoms with Gasteiger partial charge in [0.25, 0.3) is 0 Å². The molecule has 8 unspecified atom stereocenters. The van der Waals surface area contributed by atoms with Crippen LogP contribution in [-0.2, 0) is 33.3 Å². The molecule has 18 heteroatoms. The van der Waals surface area contributed by atoms with E-state index in [1.54, 1.807) is 18.2 Å². The van der Waals surface area contributed by atoms with Gasteiger partial charge in [-0.3, -0.25) is 4.79 Å². The fourth-order valence-electron chi connectivity index (χ4n) is 26.8. The number of carbonyl (C=O) groups excluding carboxylic acids is 2. The van der Waals surface area contributed by atoms with E-state index in [4.69, 9.17) is 36.0 Å². The van der Waals surface area contributed by atoms with Crippen molar-refractivity contribution in [2.75, 3.05) is 65.8 Å². The zero-order chi connectivity index (χ0) is 87.4. The van der Waals surface area contributed by atoms with Crippen molar-refractivity contribution in [1.82, 2.24) is 0 Å². The van der Waals surface area contributed by atoms with Gasteiger partial charge in [0, 0.05) is 12.0 Å². The number of carbonyl (C=O) groups is 3. The number of aliphatic hydroxyl groups excluding tert-OH is 4. The summed E-state index contributed by atoms with van der Waals surface area (Å²) in [6.07, 6.45) is 43.0. The molecule has 11 fully saturated rings. The van der Waals surface area contributed by atoms with Gasteiger partial charge in [0.2, 0.25) is 0 Å². The second-order valence-corrected chi connectivity index (χ2v) is 40.7. The normalized spacial score (nSPS) is 34.2. The van der Waals surface area contributed by atoms with Gasteiger partial charge < -0.3 is 56.5 Å². The Hall–Kier alpha value is -3.30. The van der Waals surface area contributed by atoms with Crippen LogP contribution in [0.3, 0.4) is 0 Å². The smallest absolute Gasteiger partial charge is 1.00 e. The predicted molar refractivity (Wildman–Crippen MR) is 491 cm³/mol. The molecule has 0 heterocycles. The summed E-state index contributed by atoms with van der Waals surface area (Å²) in [7, 11) is 1.30. The van der Waals surface area contributed by atoms with Crippen molar-refractivity contribution in [3.63, 3.8) is 0 Å². The number of halogens is 1. The van der Waals surface area contributed by atoms with Crippen LogP contribution in [0.25, 0.3) is 24.3 Å². The van der Waals surface area contributed by atoms with Crippen LogP contribution in [0.5, 0.6) is 0 Å². The zero-order valence-electron chi connectivity index (χ0n) is 80.0. The van der Waals surface area contributed by atoms with Gasteiger partial charge in [-0.15, -0.1) is 24.3 Å². The molecule has 15 rings (SSSR count). The standard InChI is InChI=1S/C41H60O4.C30H50O2.C11H12O3.C9H10O.C9H9O.C3H5ClO2.C3H6.3Na.H2O.H/c1-28(2)30-17-22-41(27-45-35(43)26-44-25-11-14-29-12-9-8-10-13-29)24-23-39(6)31(36(30)41)15-16-33-38(5)20-19-34(42)37(3,4)32(38)18-21-40(33,39)7;1-19(2)20-10-15-30(18-31)17-16-28(6)21(25(20)30)8-9-23-27(5)13-12-24(32)26(3,4)22(27)11-14-29(23,28)7;12-11(13)9-14-8-4-7-10-5-2-1-3-6-10;2*10-8-4-7-9-5-2-1-3-6-9;1-6-3(5)2-4;1-2-3-1;;;;;/h8-14,30-34,36,42H,1,15-27H2,2-7H3;20-25,31-32H,1,8-18H2,2-7H3;1-7H,8-9H2,(H,12,13);1-7,10H,8H2;1-7H,8H2;2H2,1H3;1-3H2;;;;1H2;/q;;;;-1;;;3*+1;;-1/p-1/b14-11+;;3*7-4+;;;;;;;/t30-,31?,32?,33?,34-,36?,38-,39+,40+,41+;20-,21?,22?,23?,24-,25?,27-,28+,29+,30+;;;;;;;;;;/m00........../s1. The van der Waals surface area contributed by atoms with Crippen LogP contribution in [0.1, 0.15) is 254 Å². The maximum Gasteiger partial charge on any atom is 1.00 e. The first-order valence-electron chi connectivity index (χ1n) is 45.6. The molecule has 0 radical (unpaired) electrons. The van der Waals surface area contributed by atoms with E-state index < -0.39 is 11.9 Å². The number of hydrogen-bond donors (Lipinski definition) is 5. The number of fused-ring (bicyclic) bond motifs is 14. The average Bonchev–Trinajstić information content (AvgIpc) is 1.60. The Balaban J connectivity index is 0.000000353. The quantitative estimate of drug-likeness (QED) is 0.0182. The maximum atomic E-state index is 12.9. The molecule has 0 bridgehead atoms. The Morgan fingerprint density at radius 1 is 0.468 bits per heavy atom. The molecule has 0 amide bonds. The number of hydrogen-bond acceptors (Lipinski definition) is 13. The van der Waals surface area contributed by atoms with E-state index >= 15 is 0 Å². The Morgan fingerprint density at radius 2 is 0.839 bits per heavy atom. The first-order chi connectivity index (χ1) is 57.1. The average molecular weight is 1760 g/mol. The number of carboxylic acid groups (broad SMARTS) is 1. The van der Waals surface area contributed by atoms with Crippen LogP contribution in [0, 0.1) is 113 Å². The second kappa shape index (κ2) is 50.0. The molecule has 11 aliphatic rings. The summed E-state index contributed by atoms with van der Waals surface area (Å²) in [5.74, 6) is 4.61. The molecular formula is C106H154ClNa3O14. The Bertz CT molecular complexity index is 4000. The fraction of sp³-hybridized carbons (Fsp3) is 0.632. The minimum atomic E-state index is -0.946. The number of rotatable bonds is 20. The molecule has 124 heavy (non-hydrogen) atoms. The van der Waals surface area contributed by atoms with Gasteiger partial charge in [-0.25, -0.2) is 9.59 Å². The number of aliphatic carboxylic acids is 1. The predicted octanol–water partition coefficient (Wildman–Crippen LogP) is 13.3. The first-order valence-corrected chi connectivity index (χ1v) is 46.1. The van der Waals surface area contributed by atoms with E-state index in [-0.39, 0.29) is 184 Å². The molecule has 0 saturated heterocycles. The molecule has 11 aliphatic carbocycles. The van der Waals surface area contributed by atoms with Crippen molar-refractivity contribution in [1.29, 1.82) is 0 Å². The van der Waals surface area contributed by atoms with Gasteiger partial charge in [0.05, 0.1) is 45.7 Å². The van der Waals surface area contributed by atoms with Crippen molar-refractivity contribution in [2.24, 2.45) is 113 Å². The summed E-state index contributed by atoms with van der Waals surface area (Å²) in [5.41, 5.74) is 9.17. The van der Waals surface area contributed by atoms with E-state index in [1.165, 1.54) is 127 Å². The number of alkyl halides is 1. The molecular weight excluding hydrogens is 1600 g/mol. The van der Waals surface area contributed by atoms with Crippen LogP contribution in [0.4, 0.5) is 0 Å². The van der Waals surface area contributed by atoms with Gasteiger partial charge in [0.1, 0.15) is 19.1 Å². The van der Waals surface area contributed by atoms with Gasteiger partial charge >= 0.3 is 107 Å². The largest absolute Gasteiger partial charge is 1.00 e. The SMILES string of the molecule is C1CC1.C=C(C)[C@@H]1CC[C@]2(CO)CC[C@]3(C)C(CCC4[C@@]5(C)CC[C@H](O)C(C)(C)C5CC[C@]43C)C12.C=C(C)[C@@H]1CC[C@]2(COC(=O)COC/C=C/c3ccccc3)CC[C@]3(C)C(CCC4[C@@]5(C)CC[C@H](O)C(C)(C)C5CC[C@]43C)C12.COC(=O)CCl.O=C(O)COC/C=C/c1ccccc1.OC/C=C/c1ccccc1.[H-].[Na+].[Na+].[Na+].[O-]C/C=C/c1ccccc1.[OH-]. The number of aliphatic hydroxyl groups is 4. The molecule has 6 N–H and O–H groups in total. The second-order valence-electron chi connectivity index (χ2n) is 40.5. The summed E-state index contributed by atoms with van der Waals surface area (Å²) in [6.45, 7) is 40.1. The molecule has 0 aliphatic heterocycles. The Morgan fingerprint density at radius 3 is 1.19 bits per heavy atom. The van der Waals surface area contributed by atoms with Crippen molar-refractivity contribution in [2.45, 2.75) is 243 Å². The van der Waals surface area contributed by atoms with Crippen LogP contribution in [0.15, 0.2) is 170 Å². The number of ether oxygens (including phenoxy) is 4. The monoisotopic (exact) mass is 1760 g/mol. The van der Waals surface area contributed by atoms with Crippen LogP contribution < -0.4 is 93.8 Å². The minimum Gasteiger partial charge on any atom is -1.00 e. The topological polar surface area (TPSA) is 242 Å². The van der Waals surface area contributed by atoms with Crippen molar-refractivity contribution >= 4 is 53.8 Å². The van der Waals surface area contributed by atoms with Gasteiger partial charge in [0.15, 0.2) is 0 Å². The van der Waals surface area contributed by atoms with Gasteiger partial charge in [-0.1, -0.05) is 277 Å². The van der Waals surface area contributed by atoms with Gasteiger partial charge in [-0.2, -0.15) is 0 Å². The minimum absolute atomic E-state index is 0. The van der Waals surface area contributed by atoms with E-state index in [1.807, 2.05) is 140 Å². The molecule has 672 valence electrons. The van der Waals surface area contributed by atoms with Crippen LogP contribution >= 0.6 is 11.6 Å². The molecule has 20 atom stereocenters. The Kier molecular flexibility index (Phi) is 44.8. The summed E-state index contributed by atoms with van der Waals surface area (Å²) in [4.78, 5) is 32.9. The third kappa shape index (κ3) is 25.8. The molecule has 4 aromatic carbocycles. The third-order valence-corrected chi connectivity index (χ3v) is 33.7. The van der Waals surface area contributed by atoms with E-state index in [9.17, 15) is 34.8 Å². The number of allylic oxidation sites excluding steroid dienone is 2. The first kappa shape index (κ1) is 111. The van der Waals surface area contributed by atoms with E-state index in [0.717, 1.165) is 72.6 Å². The zero-order valence-corrected chi connectivity index (χ0v) is 85.7. The molecule has 11 saturated carbocycles. The van der Waals surface area contributed by atoms with Crippen molar-refractivity contribution in [3.8, 4) is 0 Å². The van der Waals surface area contributed by atoms with E-state index in [0.29, 0.717) is 90.0 Å². The number of esters is 2. The van der Waals surface area contributed by atoms with Crippen molar-refractivity contribution in [3.05, 3.63) is 192 Å². The summed E-state index contributed by atoms with van der Waals surface area (Å²) in [5, 5.41) is 59.3. The third-order valence-electron chi connectivity index (χ3n) is 33.5. The summed E-state index contributed by atoms with van der Waals surface area (Å²) >= 11 is 4.98.